The van der Waals surface area contributed by atoms with E-state index in [9.17, 15) is 19.8 Å². The molecule has 0 radical (unpaired) electrons. The SMILES string of the molecule is Cc1ccc(NC(=O)Cn2c(O)c(N=NC(=O)c3cc4ccccc4cc3O)c3ccccc32)cc1. The topological polar surface area (TPSA) is 116 Å². The molecule has 3 N–H and O–H groups in total. The molecule has 0 fully saturated rings. The number of carbonyl (C=O) groups is 2. The summed E-state index contributed by atoms with van der Waals surface area (Å²) in [5.41, 5.74) is 2.33. The Morgan fingerprint density at radius 1 is 0.889 bits per heavy atom. The zero-order chi connectivity index (χ0) is 25.2. The number of aryl methyl sites for hydroxylation is 1. The van der Waals surface area contributed by atoms with Gasteiger partial charge in [0, 0.05) is 11.1 Å². The number of phenols is 1. The van der Waals surface area contributed by atoms with Crippen molar-refractivity contribution in [3.63, 3.8) is 0 Å². The lowest BCUT2D eigenvalue weighted by atomic mass is 10.1. The van der Waals surface area contributed by atoms with Gasteiger partial charge in [0.05, 0.1) is 11.1 Å². The van der Waals surface area contributed by atoms with Crippen LogP contribution in [-0.2, 0) is 11.3 Å². The molecule has 2 amide bonds. The number of hydrogen-bond acceptors (Lipinski definition) is 5. The Hall–Kier alpha value is -4.98. The first-order valence-corrected chi connectivity index (χ1v) is 11.3. The first kappa shape index (κ1) is 22.8. The van der Waals surface area contributed by atoms with Gasteiger partial charge in [-0.2, -0.15) is 0 Å². The van der Waals surface area contributed by atoms with Gasteiger partial charge < -0.3 is 20.1 Å². The second-order valence-electron chi connectivity index (χ2n) is 8.41. The molecule has 0 aliphatic rings. The second-order valence-corrected chi connectivity index (χ2v) is 8.41. The Bertz CT molecular complexity index is 1650. The van der Waals surface area contributed by atoms with Gasteiger partial charge in [0.2, 0.25) is 11.8 Å². The zero-order valence-corrected chi connectivity index (χ0v) is 19.3. The summed E-state index contributed by atoms with van der Waals surface area (Å²) < 4.78 is 1.41. The van der Waals surface area contributed by atoms with Crippen molar-refractivity contribution < 1.29 is 19.8 Å². The van der Waals surface area contributed by atoms with Crippen molar-refractivity contribution >= 4 is 44.9 Å². The van der Waals surface area contributed by atoms with E-state index in [-0.39, 0.29) is 35.3 Å². The normalized spacial score (nSPS) is 11.4. The lowest BCUT2D eigenvalue weighted by Crippen LogP contribution is -2.18. The number of phenolic OH excluding ortho intramolecular Hbond substituents is 1. The van der Waals surface area contributed by atoms with Gasteiger partial charge in [0.1, 0.15) is 12.3 Å². The van der Waals surface area contributed by atoms with Crippen LogP contribution in [0.15, 0.2) is 95.2 Å². The summed E-state index contributed by atoms with van der Waals surface area (Å²) in [7, 11) is 0. The number of anilines is 1. The molecule has 8 nitrogen and oxygen atoms in total. The largest absolute Gasteiger partial charge is 0.507 e. The highest BCUT2D eigenvalue weighted by molar-refractivity contribution is 6.02. The van der Waals surface area contributed by atoms with E-state index in [1.165, 1.54) is 10.6 Å². The maximum atomic E-state index is 12.8. The van der Waals surface area contributed by atoms with Gasteiger partial charge in [-0.1, -0.05) is 60.2 Å². The van der Waals surface area contributed by atoms with Crippen molar-refractivity contribution in [2.24, 2.45) is 10.2 Å². The first-order valence-electron chi connectivity index (χ1n) is 11.3. The monoisotopic (exact) mass is 478 g/mol. The van der Waals surface area contributed by atoms with E-state index in [1.54, 1.807) is 42.5 Å². The number of fused-ring (bicyclic) bond motifs is 2. The Kier molecular flexibility index (Phi) is 5.92. The lowest BCUT2D eigenvalue weighted by Gasteiger charge is -2.08. The Balaban J connectivity index is 1.44. The molecule has 0 bridgehead atoms. The molecule has 5 aromatic rings. The number of carbonyl (C=O) groups excluding carboxylic acids is 2. The molecule has 0 unspecified atom stereocenters. The standard InChI is InChI=1S/C28H22N4O4/c1-17-10-12-20(13-11-17)29-25(34)16-32-23-9-5-4-8-21(23)26(28(32)36)30-31-27(35)22-14-18-6-2-3-7-19(18)15-24(22)33/h2-15,33,36H,16H2,1H3,(H,29,34). The van der Waals surface area contributed by atoms with E-state index in [1.807, 2.05) is 43.3 Å². The summed E-state index contributed by atoms with van der Waals surface area (Å²) >= 11 is 0. The van der Waals surface area contributed by atoms with Crippen LogP contribution in [0.5, 0.6) is 11.6 Å². The fraction of sp³-hybridized carbons (Fsp3) is 0.0714. The molecule has 0 spiro atoms. The van der Waals surface area contributed by atoms with E-state index in [0.717, 1.165) is 16.3 Å². The van der Waals surface area contributed by atoms with Crippen LogP contribution in [0, 0.1) is 6.92 Å². The highest BCUT2D eigenvalue weighted by Crippen LogP contribution is 2.39. The summed E-state index contributed by atoms with van der Waals surface area (Å²) in [6, 6.07) is 24.7. The average Bonchev–Trinajstić information content (AvgIpc) is 3.14. The number of azo groups is 1. The summed E-state index contributed by atoms with van der Waals surface area (Å²) in [6.07, 6.45) is 0. The summed E-state index contributed by atoms with van der Waals surface area (Å²) in [4.78, 5) is 25.5. The van der Waals surface area contributed by atoms with E-state index >= 15 is 0 Å². The molecule has 1 heterocycles. The van der Waals surface area contributed by atoms with Crippen molar-refractivity contribution in [1.29, 1.82) is 0 Å². The molecule has 4 aromatic carbocycles. The number of nitrogens with one attached hydrogen (secondary N) is 1. The number of aromatic nitrogens is 1. The predicted molar refractivity (Wildman–Crippen MR) is 138 cm³/mol. The average molecular weight is 479 g/mol. The molecule has 8 heteroatoms. The maximum Gasteiger partial charge on any atom is 0.299 e. The third kappa shape index (κ3) is 4.39. The summed E-state index contributed by atoms with van der Waals surface area (Å²) in [5, 5.41) is 33.9. The van der Waals surface area contributed by atoms with E-state index < -0.39 is 5.91 Å². The van der Waals surface area contributed by atoms with Crippen LogP contribution >= 0.6 is 0 Å². The molecule has 0 aliphatic heterocycles. The van der Waals surface area contributed by atoms with Crippen LogP contribution in [0.25, 0.3) is 21.7 Å². The fourth-order valence-electron chi connectivity index (χ4n) is 4.06. The van der Waals surface area contributed by atoms with Crippen LogP contribution in [0.2, 0.25) is 0 Å². The van der Waals surface area contributed by atoms with Crippen LogP contribution in [0.3, 0.4) is 0 Å². The van der Waals surface area contributed by atoms with E-state index in [2.05, 4.69) is 15.5 Å². The molecule has 0 aliphatic carbocycles. The van der Waals surface area contributed by atoms with Gasteiger partial charge in [0.15, 0.2) is 5.69 Å². The van der Waals surface area contributed by atoms with Crippen LogP contribution in [0.4, 0.5) is 11.4 Å². The Morgan fingerprint density at radius 3 is 2.31 bits per heavy atom. The molecule has 0 saturated carbocycles. The van der Waals surface area contributed by atoms with Crippen molar-refractivity contribution in [1.82, 2.24) is 4.57 Å². The fourth-order valence-corrected chi connectivity index (χ4v) is 4.06. The van der Waals surface area contributed by atoms with Crippen LogP contribution in [-0.4, -0.2) is 26.6 Å². The number of hydrogen-bond donors (Lipinski definition) is 3. The number of para-hydroxylation sites is 1. The van der Waals surface area contributed by atoms with Gasteiger partial charge >= 0.3 is 0 Å². The van der Waals surface area contributed by atoms with Crippen LogP contribution < -0.4 is 5.32 Å². The number of rotatable bonds is 5. The molecule has 178 valence electrons. The quantitative estimate of drug-likeness (QED) is 0.266. The Labute approximate surface area is 206 Å². The van der Waals surface area contributed by atoms with E-state index in [4.69, 9.17) is 0 Å². The third-order valence-corrected chi connectivity index (χ3v) is 5.89. The molecule has 5 rings (SSSR count). The predicted octanol–water partition coefficient (Wildman–Crippen LogP) is 6.08. The molecule has 0 saturated heterocycles. The zero-order valence-electron chi connectivity index (χ0n) is 19.3. The number of benzene rings is 4. The van der Waals surface area contributed by atoms with Gasteiger partial charge in [-0.15, -0.1) is 10.2 Å². The molecule has 0 atom stereocenters. The van der Waals surface area contributed by atoms with E-state index in [0.29, 0.717) is 16.6 Å². The van der Waals surface area contributed by atoms with Crippen molar-refractivity contribution in [2.45, 2.75) is 13.5 Å². The van der Waals surface area contributed by atoms with Gasteiger partial charge in [-0.05, 0) is 48.0 Å². The van der Waals surface area contributed by atoms with Crippen molar-refractivity contribution in [2.75, 3.05) is 5.32 Å². The van der Waals surface area contributed by atoms with Crippen molar-refractivity contribution in [3.05, 3.63) is 96.1 Å². The van der Waals surface area contributed by atoms with Gasteiger partial charge in [-0.3, -0.25) is 9.59 Å². The second kappa shape index (κ2) is 9.34. The summed E-state index contributed by atoms with van der Waals surface area (Å²) in [6.45, 7) is 1.78. The van der Waals surface area contributed by atoms with Crippen LogP contribution in [0.1, 0.15) is 15.9 Å². The highest BCUT2D eigenvalue weighted by atomic mass is 16.3. The minimum absolute atomic E-state index is 0.00171. The lowest BCUT2D eigenvalue weighted by molar-refractivity contribution is -0.116. The third-order valence-electron chi connectivity index (χ3n) is 5.89. The van der Waals surface area contributed by atoms with Gasteiger partial charge in [-0.25, -0.2) is 0 Å². The van der Waals surface area contributed by atoms with Gasteiger partial charge in [0.25, 0.3) is 5.91 Å². The Morgan fingerprint density at radius 2 is 1.56 bits per heavy atom. The highest BCUT2D eigenvalue weighted by Gasteiger charge is 2.19. The number of nitrogens with zero attached hydrogens (tertiary/aromatic N) is 3. The smallest absolute Gasteiger partial charge is 0.299 e. The van der Waals surface area contributed by atoms with Crippen molar-refractivity contribution in [3.8, 4) is 11.6 Å². The first-order chi connectivity index (χ1) is 17.4. The number of aromatic hydroxyl groups is 2. The minimum Gasteiger partial charge on any atom is -0.507 e. The molecular weight excluding hydrogens is 456 g/mol. The maximum absolute atomic E-state index is 12.8. The number of amides is 2. The molecule has 1 aromatic heterocycles. The summed E-state index contributed by atoms with van der Waals surface area (Å²) in [5.74, 6) is -1.60. The molecular formula is C28H22N4O4. The minimum atomic E-state index is -0.758. The molecule has 36 heavy (non-hydrogen) atoms.